The summed E-state index contributed by atoms with van der Waals surface area (Å²) >= 11 is 0. The van der Waals surface area contributed by atoms with E-state index in [0.29, 0.717) is 17.0 Å². The van der Waals surface area contributed by atoms with E-state index in [4.69, 9.17) is 0 Å². The van der Waals surface area contributed by atoms with Gasteiger partial charge in [-0.3, -0.25) is 4.79 Å². The summed E-state index contributed by atoms with van der Waals surface area (Å²) in [5, 5.41) is 7.22. The van der Waals surface area contributed by atoms with Crippen LogP contribution in [0.1, 0.15) is 39.6 Å². The number of rotatable bonds is 4. The van der Waals surface area contributed by atoms with Gasteiger partial charge in [0.05, 0.1) is 17.0 Å². The van der Waals surface area contributed by atoms with Crippen molar-refractivity contribution in [2.24, 2.45) is 0 Å². The van der Waals surface area contributed by atoms with Crippen molar-refractivity contribution in [3.8, 4) is 5.69 Å². The van der Waals surface area contributed by atoms with E-state index in [2.05, 4.69) is 10.4 Å². The van der Waals surface area contributed by atoms with Crippen LogP contribution in [0.25, 0.3) is 5.69 Å². The van der Waals surface area contributed by atoms with Crippen LogP contribution in [0.5, 0.6) is 0 Å². The van der Waals surface area contributed by atoms with Crippen molar-refractivity contribution < 1.29 is 18.0 Å². The Morgan fingerprint density at radius 1 is 1.07 bits per heavy atom. The van der Waals surface area contributed by atoms with Gasteiger partial charge < -0.3 is 5.32 Å². The standard InChI is InChI=1S/C21H18F3N3O/c1-11-20(12(2)27(26-11)19-8-7-15(23)9-17(19)24)21(28)25-18-10-16(18)13-3-5-14(22)6-4-13/h3-9,16,18H,10H2,1-2H3,(H,25,28)/t16-,18+/m1/s1. The van der Waals surface area contributed by atoms with Crippen molar-refractivity contribution in [1.29, 1.82) is 0 Å². The average Bonchev–Trinajstić information content (AvgIpc) is 3.33. The maximum atomic E-state index is 14.1. The molecule has 1 aromatic heterocycles. The predicted molar refractivity (Wildman–Crippen MR) is 98.0 cm³/mol. The highest BCUT2D eigenvalue weighted by Crippen LogP contribution is 2.41. The van der Waals surface area contributed by atoms with E-state index in [1.54, 1.807) is 26.0 Å². The zero-order chi connectivity index (χ0) is 20.0. The number of hydrogen-bond donors (Lipinski definition) is 1. The van der Waals surface area contributed by atoms with Crippen molar-refractivity contribution in [3.63, 3.8) is 0 Å². The Morgan fingerprint density at radius 2 is 1.75 bits per heavy atom. The molecule has 0 spiro atoms. The Hall–Kier alpha value is -3.09. The van der Waals surface area contributed by atoms with Crippen molar-refractivity contribution in [1.82, 2.24) is 15.1 Å². The summed E-state index contributed by atoms with van der Waals surface area (Å²) in [6, 6.07) is 9.43. The molecule has 2 aromatic carbocycles. The molecule has 3 aromatic rings. The van der Waals surface area contributed by atoms with E-state index >= 15 is 0 Å². The molecule has 144 valence electrons. The van der Waals surface area contributed by atoms with Gasteiger partial charge in [0.25, 0.3) is 5.91 Å². The van der Waals surface area contributed by atoms with Gasteiger partial charge in [-0.2, -0.15) is 5.10 Å². The van der Waals surface area contributed by atoms with Gasteiger partial charge in [-0.05, 0) is 50.1 Å². The predicted octanol–water partition coefficient (Wildman–Crippen LogP) is 4.19. The molecule has 7 heteroatoms. The van der Waals surface area contributed by atoms with Gasteiger partial charge >= 0.3 is 0 Å². The fourth-order valence-corrected chi connectivity index (χ4v) is 3.53. The molecule has 0 saturated heterocycles. The summed E-state index contributed by atoms with van der Waals surface area (Å²) in [6.07, 6.45) is 0.774. The third kappa shape index (κ3) is 3.28. The number of benzene rings is 2. The molecule has 0 aliphatic heterocycles. The fraction of sp³-hybridized carbons (Fsp3) is 0.238. The first-order valence-electron chi connectivity index (χ1n) is 8.93. The maximum absolute atomic E-state index is 14.1. The zero-order valence-corrected chi connectivity index (χ0v) is 15.3. The fourth-order valence-electron chi connectivity index (χ4n) is 3.53. The monoisotopic (exact) mass is 385 g/mol. The van der Waals surface area contributed by atoms with Crippen LogP contribution in [0.3, 0.4) is 0 Å². The second kappa shape index (κ2) is 6.82. The highest BCUT2D eigenvalue weighted by Gasteiger charge is 2.40. The first-order chi connectivity index (χ1) is 13.3. The molecule has 1 amide bonds. The number of halogens is 3. The van der Waals surface area contributed by atoms with E-state index in [1.165, 1.54) is 22.9 Å². The molecule has 0 bridgehead atoms. The Labute approximate surface area is 160 Å². The van der Waals surface area contributed by atoms with Gasteiger partial charge in [0, 0.05) is 18.0 Å². The van der Waals surface area contributed by atoms with Crippen molar-refractivity contribution in [2.45, 2.75) is 32.2 Å². The van der Waals surface area contributed by atoms with Crippen LogP contribution in [-0.4, -0.2) is 21.7 Å². The third-order valence-electron chi connectivity index (χ3n) is 5.06. The minimum absolute atomic E-state index is 0.0392. The number of aromatic nitrogens is 2. The van der Waals surface area contributed by atoms with E-state index in [-0.39, 0.29) is 29.4 Å². The molecule has 1 N–H and O–H groups in total. The van der Waals surface area contributed by atoms with Crippen LogP contribution in [0.4, 0.5) is 13.2 Å². The quantitative estimate of drug-likeness (QED) is 0.732. The van der Waals surface area contributed by atoms with Crippen molar-refractivity contribution in [2.75, 3.05) is 0 Å². The molecule has 0 radical (unpaired) electrons. The van der Waals surface area contributed by atoms with Crippen LogP contribution in [0.15, 0.2) is 42.5 Å². The van der Waals surface area contributed by atoms with Crippen LogP contribution in [0.2, 0.25) is 0 Å². The van der Waals surface area contributed by atoms with E-state index in [0.717, 1.165) is 24.1 Å². The van der Waals surface area contributed by atoms with Gasteiger partial charge in [0.15, 0.2) is 5.82 Å². The third-order valence-corrected chi connectivity index (χ3v) is 5.06. The van der Waals surface area contributed by atoms with Crippen molar-refractivity contribution in [3.05, 3.63) is 82.4 Å². The first kappa shape index (κ1) is 18.3. The number of amides is 1. The second-order valence-electron chi connectivity index (χ2n) is 7.03. The summed E-state index contributed by atoms with van der Waals surface area (Å²) in [5.41, 5.74) is 2.35. The summed E-state index contributed by atoms with van der Waals surface area (Å²) in [4.78, 5) is 12.8. The SMILES string of the molecule is Cc1nn(-c2ccc(F)cc2F)c(C)c1C(=O)N[C@H]1C[C@@H]1c1ccc(F)cc1. The molecule has 1 aliphatic carbocycles. The molecule has 1 fully saturated rings. The Bertz CT molecular complexity index is 1060. The highest BCUT2D eigenvalue weighted by atomic mass is 19.1. The minimum Gasteiger partial charge on any atom is -0.349 e. The van der Waals surface area contributed by atoms with E-state index in [1.807, 2.05) is 0 Å². The first-order valence-corrected chi connectivity index (χ1v) is 8.93. The zero-order valence-electron chi connectivity index (χ0n) is 15.3. The van der Waals surface area contributed by atoms with Crippen LogP contribution in [-0.2, 0) is 0 Å². The smallest absolute Gasteiger partial charge is 0.255 e. The molecule has 1 heterocycles. The molecule has 0 unspecified atom stereocenters. The summed E-state index contributed by atoms with van der Waals surface area (Å²) < 4.78 is 41.7. The summed E-state index contributed by atoms with van der Waals surface area (Å²) in [6.45, 7) is 3.34. The van der Waals surface area contributed by atoms with Crippen LogP contribution < -0.4 is 5.32 Å². The van der Waals surface area contributed by atoms with Gasteiger partial charge in [-0.15, -0.1) is 0 Å². The van der Waals surface area contributed by atoms with E-state index in [9.17, 15) is 18.0 Å². The Kier molecular flexibility index (Phi) is 4.45. The second-order valence-corrected chi connectivity index (χ2v) is 7.03. The molecule has 2 atom stereocenters. The Morgan fingerprint density at radius 3 is 2.43 bits per heavy atom. The molecule has 1 saturated carbocycles. The number of carbonyl (C=O) groups excluding carboxylic acids is 1. The summed E-state index contributed by atoms with van der Waals surface area (Å²) in [5.74, 6) is -1.87. The maximum Gasteiger partial charge on any atom is 0.255 e. The number of aryl methyl sites for hydroxylation is 1. The number of nitrogens with zero attached hydrogens (tertiary/aromatic N) is 2. The highest BCUT2D eigenvalue weighted by molar-refractivity contribution is 5.97. The lowest BCUT2D eigenvalue weighted by atomic mass is 10.1. The number of hydrogen-bond acceptors (Lipinski definition) is 2. The molecule has 1 aliphatic rings. The van der Waals surface area contributed by atoms with Gasteiger partial charge in [0.1, 0.15) is 17.3 Å². The Balaban J connectivity index is 1.54. The lowest BCUT2D eigenvalue weighted by Gasteiger charge is -2.08. The number of carbonyl (C=O) groups is 1. The molecular weight excluding hydrogens is 367 g/mol. The lowest BCUT2D eigenvalue weighted by molar-refractivity contribution is 0.0949. The lowest BCUT2D eigenvalue weighted by Crippen LogP contribution is -2.27. The molecule has 28 heavy (non-hydrogen) atoms. The normalized spacial score (nSPS) is 18.2. The molecule has 4 rings (SSSR count). The molecular formula is C21H18F3N3O. The number of nitrogens with one attached hydrogen (secondary N) is 1. The van der Waals surface area contributed by atoms with Crippen molar-refractivity contribution >= 4 is 5.91 Å². The average molecular weight is 385 g/mol. The van der Waals surface area contributed by atoms with Crippen LogP contribution >= 0.6 is 0 Å². The van der Waals surface area contributed by atoms with Gasteiger partial charge in [0.2, 0.25) is 0 Å². The van der Waals surface area contributed by atoms with Gasteiger partial charge in [-0.1, -0.05) is 12.1 Å². The topological polar surface area (TPSA) is 46.9 Å². The summed E-state index contributed by atoms with van der Waals surface area (Å²) in [7, 11) is 0. The van der Waals surface area contributed by atoms with Gasteiger partial charge in [-0.25, -0.2) is 17.9 Å². The minimum atomic E-state index is -0.754. The molecule has 4 nitrogen and oxygen atoms in total. The largest absolute Gasteiger partial charge is 0.349 e. The van der Waals surface area contributed by atoms with E-state index < -0.39 is 11.6 Å². The van der Waals surface area contributed by atoms with Crippen LogP contribution in [0, 0.1) is 31.3 Å².